The zero-order chi connectivity index (χ0) is 14.4. The van der Waals surface area contributed by atoms with Crippen LogP contribution in [-0.2, 0) is 9.59 Å². The van der Waals surface area contributed by atoms with E-state index in [1.54, 1.807) is 7.05 Å². The molecular weight excluding hydrogens is 246 g/mol. The molecule has 2 aliphatic rings. The van der Waals surface area contributed by atoms with Crippen molar-refractivity contribution in [3.63, 3.8) is 0 Å². The van der Waals surface area contributed by atoms with Crippen LogP contribution in [0.25, 0.3) is 0 Å². The van der Waals surface area contributed by atoms with E-state index < -0.39 is 28.8 Å². The number of carbonyl (C=O) groups is 2. The summed E-state index contributed by atoms with van der Waals surface area (Å²) in [5, 5.41) is 19.4. The second-order valence-electron chi connectivity index (χ2n) is 6.74. The van der Waals surface area contributed by atoms with Crippen molar-refractivity contribution >= 4 is 11.9 Å². The maximum Gasteiger partial charge on any atom is 0.307 e. The molecule has 2 N–H and O–H groups in total. The molecule has 1 amide bonds. The zero-order valence-electron chi connectivity index (χ0n) is 11.8. The Labute approximate surface area is 113 Å². The SMILES string of the molecule is CN(CC1(O)CCCC1)C(=O)[C@H]1[C@@H](C(=O)O)C1(C)C. The number of rotatable bonds is 4. The van der Waals surface area contributed by atoms with E-state index in [2.05, 4.69) is 0 Å². The predicted molar refractivity (Wildman–Crippen MR) is 69.5 cm³/mol. The molecule has 5 heteroatoms. The van der Waals surface area contributed by atoms with Crippen LogP contribution in [0.1, 0.15) is 39.5 Å². The van der Waals surface area contributed by atoms with Gasteiger partial charge in [-0.1, -0.05) is 26.7 Å². The van der Waals surface area contributed by atoms with Crippen LogP contribution in [0, 0.1) is 17.3 Å². The summed E-state index contributed by atoms with van der Waals surface area (Å²) >= 11 is 0. The van der Waals surface area contributed by atoms with Crippen LogP contribution >= 0.6 is 0 Å². The van der Waals surface area contributed by atoms with Gasteiger partial charge in [0.2, 0.25) is 5.91 Å². The first kappa shape index (κ1) is 14.3. The zero-order valence-corrected chi connectivity index (χ0v) is 11.8. The number of aliphatic carboxylic acids is 1. The summed E-state index contributed by atoms with van der Waals surface area (Å²) in [4.78, 5) is 24.9. The monoisotopic (exact) mass is 269 g/mol. The quantitative estimate of drug-likeness (QED) is 0.801. The van der Waals surface area contributed by atoms with Gasteiger partial charge in [-0.05, 0) is 18.3 Å². The molecule has 0 aliphatic heterocycles. The highest BCUT2D eigenvalue weighted by Gasteiger charge is 2.66. The lowest BCUT2D eigenvalue weighted by Gasteiger charge is -2.29. The van der Waals surface area contributed by atoms with E-state index >= 15 is 0 Å². The van der Waals surface area contributed by atoms with Crippen molar-refractivity contribution in [1.29, 1.82) is 0 Å². The van der Waals surface area contributed by atoms with Crippen LogP contribution in [0.4, 0.5) is 0 Å². The Morgan fingerprint density at radius 2 is 1.74 bits per heavy atom. The largest absolute Gasteiger partial charge is 0.481 e. The first-order chi connectivity index (χ1) is 8.69. The Balaban J connectivity index is 1.99. The standard InChI is InChI=1S/C14H23NO4/c1-13(2)9(10(13)12(17)18)11(16)15(3)8-14(19)6-4-5-7-14/h9-10,19H,4-8H2,1-3H3,(H,17,18)/t9-,10+/m1/s1. The summed E-state index contributed by atoms with van der Waals surface area (Å²) in [6, 6.07) is 0. The van der Waals surface area contributed by atoms with Crippen molar-refractivity contribution in [3.05, 3.63) is 0 Å². The third-order valence-corrected chi connectivity index (χ3v) is 4.80. The second kappa shape index (κ2) is 4.47. The molecule has 0 bridgehead atoms. The molecule has 0 spiro atoms. The van der Waals surface area contributed by atoms with Gasteiger partial charge in [0.1, 0.15) is 0 Å². The molecular formula is C14H23NO4. The van der Waals surface area contributed by atoms with Crippen LogP contribution < -0.4 is 0 Å². The maximum atomic E-state index is 12.3. The van der Waals surface area contributed by atoms with E-state index in [1.807, 2.05) is 13.8 Å². The maximum absolute atomic E-state index is 12.3. The molecule has 5 nitrogen and oxygen atoms in total. The van der Waals surface area contributed by atoms with Gasteiger partial charge in [-0.15, -0.1) is 0 Å². The van der Waals surface area contributed by atoms with Crippen LogP contribution in [0.15, 0.2) is 0 Å². The van der Waals surface area contributed by atoms with Crippen LogP contribution in [0.3, 0.4) is 0 Å². The van der Waals surface area contributed by atoms with Crippen molar-refractivity contribution in [2.45, 2.75) is 45.1 Å². The molecule has 0 unspecified atom stereocenters. The number of carbonyl (C=O) groups excluding carboxylic acids is 1. The summed E-state index contributed by atoms with van der Waals surface area (Å²) in [7, 11) is 1.66. The van der Waals surface area contributed by atoms with Crippen molar-refractivity contribution in [2.24, 2.45) is 17.3 Å². The molecule has 108 valence electrons. The van der Waals surface area contributed by atoms with Crippen molar-refractivity contribution in [2.75, 3.05) is 13.6 Å². The molecule has 19 heavy (non-hydrogen) atoms. The number of likely N-dealkylation sites (N-methyl/N-ethyl adjacent to an activating group) is 1. The summed E-state index contributed by atoms with van der Waals surface area (Å²) in [5.41, 5.74) is -1.25. The minimum Gasteiger partial charge on any atom is -0.481 e. The summed E-state index contributed by atoms with van der Waals surface area (Å²) in [6.07, 6.45) is 3.43. The average Bonchev–Trinajstić information content (AvgIpc) is 2.64. The number of hydrogen-bond acceptors (Lipinski definition) is 3. The minimum absolute atomic E-state index is 0.155. The second-order valence-corrected chi connectivity index (χ2v) is 6.74. The van der Waals surface area contributed by atoms with Crippen LogP contribution in [-0.4, -0.2) is 46.2 Å². The fourth-order valence-electron chi connectivity index (χ4n) is 3.51. The third kappa shape index (κ3) is 2.48. The first-order valence-electron chi connectivity index (χ1n) is 6.89. The van der Waals surface area contributed by atoms with Crippen LogP contribution in [0.5, 0.6) is 0 Å². The van der Waals surface area contributed by atoms with Gasteiger partial charge in [-0.2, -0.15) is 0 Å². The van der Waals surface area contributed by atoms with E-state index in [9.17, 15) is 14.7 Å². The van der Waals surface area contributed by atoms with E-state index in [0.717, 1.165) is 25.7 Å². The highest BCUT2D eigenvalue weighted by Crippen LogP contribution is 2.59. The molecule has 2 saturated carbocycles. The van der Waals surface area contributed by atoms with Gasteiger partial charge in [-0.3, -0.25) is 9.59 Å². The molecule has 0 radical (unpaired) electrons. The molecule has 2 rings (SSSR count). The van der Waals surface area contributed by atoms with E-state index in [0.29, 0.717) is 6.54 Å². The topological polar surface area (TPSA) is 77.8 Å². The Hall–Kier alpha value is -1.10. The van der Waals surface area contributed by atoms with Gasteiger partial charge in [0.25, 0.3) is 0 Å². The Morgan fingerprint density at radius 3 is 2.16 bits per heavy atom. The van der Waals surface area contributed by atoms with Gasteiger partial charge < -0.3 is 15.1 Å². The number of carboxylic acids is 1. The predicted octanol–water partition coefficient (Wildman–Crippen LogP) is 1.11. The van der Waals surface area contributed by atoms with Gasteiger partial charge in [-0.25, -0.2) is 0 Å². The Morgan fingerprint density at radius 1 is 1.21 bits per heavy atom. The molecule has 2 aliphatic carbocycles. The molecule has 2 atom stereocenters. The fraction of sp³-hybridized carbons (Fsp3) is 0.857. The van der Waals surface area contributed by atoms with Crippen molar-refractivity contribution in [3.8, 4) is 0 Å². The molecule has 0 saturated heterocycles. The lowest BCUT2D eigenvalue weighted by molar-refractivity contribution is -0.142. The molecule has 0 aromatic carbocycles. The molecule has 0 aromatic rings. The number of carboxylic acid groups (broad SMARTS) is 1. The smallest absolute Gasteiger partial charge is 0.307 e. The van der Waals surface area contributed by atoms with Gasteiger partial charge in [0.15, 0.2) is 0 Å². The lowest BCUT2D eigenvalue weighted by Crippen LogP contribution is -2.43. The normalized spacial score (nSPS) is 30.9. The summed E-state index contributed by atoms with van der Waals surface area (Å²) < 4.78 is 0. The van der Waals surface area contributed by atoms with Crippen LogP contribution in [0.2, 0.25) is 0 Å². The number of nitrogens with zero attached hydrogens (tertiary/aromatic N) is 1. The number of amides is 1. The first-order valence-corrected chi connectivity index (χ1v) is 6.89. The third-order valence-electron chi connectivity index (χ3n) is 4.80. The lowest BCUT2D eigenvalue weighted by atomic mass is 10.0. The minimum atomic E-state index is -0.906. The van der Waals surface area contributed by atoms with Gasteiger partial charge in [0, 0.05) is 13.6 Å². The Bertz CT molecular complexity index is 398. The van der Waals surface area contributed by atoms with E-state index in [1.165, 1.54) is 4.90 Å². The number of aliphatic hydroxyl groups is 1. The molecule has 0 aromatic heterocycles. The summed E-state index contributed by atoms with van der Waals surface area (Å²) in [6.45, 7) is 3.93. The highest BCUT2D eigenvalue weighted by molar-refractivity contribution is 5.91. The highest BCUT2D eigenvalue weighted by atomic mass is 16.4. The number of hydrogen-bond donors (Lipinski definition) is 2. The van der Waals surface area contributed by atoms with Gasteiger partial charge >= 0.3 is 5.97 Å². The molecule has 0 heterocycles. The average molecular weight is 269 g/mol. The molecule has 2 fully saturated rings. The van der Waals surface area contributed by atoms with Crippen molar-refractivity contribution < 1.29 is 19.8 Å². The summed E-state index contributed by atoms with van der Waals surface area (Å²) in [5.74, 6) is -2.12. The van der Waals surface area contributed by atoms with Gasteiger partial charge in [0.05, 0.1) is 17.4 Å². The van der Waals surface area contributed by atoms with E-state index in [-0.39, 0.29) is 5.91 Å². The fourth-order valence-corrected chi connectivity index (χ4v) is 3.51. The van der Waals surface area contributed by atoms with Crippen molar-refractivity contribution in [1.82, 2.24) is 4.90 Å². The Kier molecular flexibility index (Phi) is 3.37. The van der Waals surface area contributed by atoms with E-state index in [4.69, 9.17) is 5.11 Å².